The van der Waals surface area contributed by atoms with E-state index < -0.39 is 5.97 Å². The number of aliphatic carboxylic acids is 1. The molecule has 0 amide bonds. The normalized spacial score (nSPS) is 16.8. The largest absolute Gasteiger partial charge is 0.486 e. The van der Waals surface area contributed by atoms with Gasteiger partial charge in [-0.15, -0.1) is 0 Å². The van der Waals surface area contributed by atoms with Gasteiger partial charge in [0.05, 0.1) is 0 Å². The van der Waals surface area contributed by atoms with Gasteiger partial charge in [0.15, 0.2) is 11.5 Å². The summed E-state index contributed by atoms with van der Waals surface area (Å²) < 4.78 is 11.0. The highest BCUT2D eigenvalue weighted by Gasteiger charge is 2.22. The van der Waals surface area contributed by atoms with E-state index in [9.17, 15) is 4.79 Å². The number of hydrogen-bond donors (Lipinski definition) is 2. The molecular formula is C14H19NO4. The van der Waals surface area contributed by atoms with Gasteiger partial charge in [0.2, 0.25) is 0 Å². The fourth-order valence-electron chi connectivity index (χ4n) is 2.27. The van der Waals surface area contributed by atoms with E-state index in [1.807, 2.05) is 26.0 Å². The van der Waals surface area contributed by atoms with Crippen LogP contribution < -0.4 is 15.2 Å². The highest BCUT2D eigenvalue weighted by atomic mass is 16.6. The Bertz CT molecular complexity index is 487. The van der Waals surface area contributed by atoms with E-state index in [1.54, 1.807) is 0 Å². The third-order valence-electron chi connectivity index (χ3n) is 3.40. The molecule has 0 saturated carbocycles. The standard InChI is InChI=1S/C14H19NO4/c1-8-5-11-12(19-4-3-18-11)7-10(8)14(15)9(2)6-13(16)17/h5,7,9,14H,3-4,6,15H2,1-2H3,(H,16,17). The zero-order chi connectivity index (χ0) is 14.0. The number of aryl methyl sites for hydroxylation is 1. The van der Waals surface area contributed by atoms with Gasteiger partial charge in [0.1, 0.15) is 13.2 Å². The number of rotatable bonds is 4. The second-order valence-corrected chi connectivity index (χ2v) is 4.95. The molecular weight excluding hydrogens is 246 g/mol. The van der Waals surface area contributed by atoms with Gasteiger partial charge < -0.3 is 20.3 Å². The maximum absolute atomic E-state index is 10.8. The van der Waals surface area contributed by atoms with Gasteiger partial charge in [-0.2, -0.15) is 0 Å². The number of benzene rings is 1. The quantitative estimate of drug-likeness (QED) is 0.868. The zero-order valence-electron chi connectivity index (χ0n) is 11.2. The first-order valence-corrected chi connectivity index (χ1v) is 6.36. The smallest absolute Gasteiger partial charge is 0.303 e. The van der Waals surface area contributed by atoms with Crippen LogP contribution in [0.1, 0.15) is 30.5 Å². The van der Waals surface area contributed by atoms with Gasteiger partial charge in [-0.25, -0.2) is 0 Å². The van der Waals surface area contributed by atoms with Crippen LogP contribution in [0, 0.1) is 12.8 Å². The first kappa shape index (κ1) is 13.7. The topological polar surface area (TPSA) is 81.8 Å². The molecule has 0 aliphatic carbocycles. The molecule has 2 rings (SSSR count). The number of fused-ring (bicyclic) bond motifs is 1. The highest BCUT2D eigenvalue weighted by Crippen LogP contribution is 2.36. The van der Waals surface area contributed by atoms with E-state index >= 15 is 0 Å². The lowest BCUT2D eigenvalue weighted by molar-refractivity contribution is -0.138. The summed E-state index contributed by atoms with van der Waals surface area (Å²) in [4.78, 5) is 10.8. The lowest BCUT2D eigenvalue weighted by Crippen LogP contribution is -2.23. The van der Waals surface area contributed by atoms with Crippen molar-refractivity contribution in [3.05, 3.63) is 23.3 Å². The summed E-state index contributed by atoms with van der Waals surface area (Å²) >= 11 is 0. The predicted octanol–water partition coefficient (Wildman–Crippen LogP) is 1.88. The molecule has 0 radical (unpaired) electrons. The van der Waals surface area contributed by atoms with Gasteiger partial charge in [-0.05, 0) is 36.1 Å². The van der Waals surface area contributed by atoms with Gasteiger partial charge in [0, 0.05) is 12.5 Å². The Kier molecular flexibility index (Phi) is 3.95. The third kappa shape index (κ3) is 2.98. The van der Waals surface area contributed by atoms with Crippen molar-refractivity contribution in [2.45, 2.75) is 26.3 Å². The van der Waals surface area contributed by atoms with Crippen molar-refractivity contribution in [2.24, 2.45) is 11.7 Å². The van der Waals surface area contributed by atoms with Crippen molar-refractivity contribution in [1.29, 1.82) is 0 Å². The Hall–Kier alpha value is -1.75. The van der Waals surface area contributed by atoms with Crippen molar-refractivity contribution in [3.63, 3.8) is 0 Å². The number of hydrogen-bond acceptors (Lipinski definition) is 4. The fraction of sp³-hybridized carbons (Fsp3) is 0.500. The van der Waals surface area contributed by atoms with Crippen molar-refractivity contribution in [2.75, 3.05) is 13.2 Å². The maximum Gasteiger partial charge on any atom is 0.303 e. The summed E-state index contributed by atoms with van der Waals surface area (Å²) in [7, 11) is 0. The number of nitrogens with two attached hydrogens (primary N) is 1. The first-order chi connectivity index (χ1) is 8.99. The molecule has 3 N–H and O–H groups in total. The van der Waals surface area contributed by atoms with Crippen molar-refractivity contribution >= 4 is 5.97 Å². The van der Waals surface area contributed by atoms with E-state index in [0.717, 1.165) is 16.9 Å². The molecule has 5 nitrogen and oxygen atoms in total. The molecule has 1 aromatic rings. The van der Waals surface area contributed by atoms with Crippen LogP contribution >= 0.6 is 0 Å². The zero-order valence-corrected chi connectivity index (χ0v) is 11.2. The minimum absolute atomic E-state index is 0.0506. The molecule has 2 atom stereocenters. The maximum atomic E-state index is 10.8. The van der Waals surface area contributed by atoms with E-state index in [1.165, 1.54) is 0 Å². The van der Waals surface area contributed by atoms with Crippen LogP contribution in [0.4, 0.5) is 0 Å². The Balaban J connectivity index is 2.26. The van der Waals surface area contributed by atoms with Crippen LogP contribution in [-0.2, 0) is 4.79 Å². The van der Waals surface area contributed by atoms with Crippen LogP contribution in [0.2, 0.25) is 0 Å². The molecule has 1 heterocycles. The molecule has 0 bridgehead atoms. The van der Waals surface area contributed by atoms with E-state index in [0.29, 0.717) is 19.0 Å². The number of ether oxygens (including phenoxy) is 2. The van der Waals surface area contributed by atoms with E-state index in [4.69, 9.17) is 20.3 Å². The number of carbonyl (C=O) groups is 1. The molecule has 1 aliphatic heterocycles. The SMILES string of the molecule is Cc1cc2c(cc1C(N)C(C)CC(=O)O)OCCO2. The minimum atomic E-state index is -0.835. The second kappa shape index (κ2) is 5.48. The third-order valence-corrected chi connectivity index (χ3v) is 3.40. The summed E-state index contributed by atoms with van der Waals surface area (Å²) in [6.45, 7) is 4.86. The highest BCUT2D eigenvalue weighted by molar-refractivity contribution is 5.67. The molecule has 1 aliphatic rings. The molecule has 5 heteroatoms. The van der Waals surface area contributed by atoms with E-state index in [-0.39, 0.29) is 18.4 Å². The molecule has 19 heavy (non-hydrogen) atoms. The Morgan fingerprint density at radius 2 is 1.95 bits per heavy atom. The van der Waals surface area contributed by atoms with Gasteiger partial charge in [-0.1, -0.05) is 6.92 Å². The summed E-state index contributed by atoms with van der Waals surface area (Å²) in [5.74, 6) is 0.437. The molecule has 2 unspecified atom stereocenters. The summed E-state index contributed by atoms with van der Waals surface area (Å²) in [6, 6.07) is 3.44. The van der Waals surface area contributed by atoms with Crippen LogP contribution in [0.15, 0.2) is 12.1 Å². The lowest BCUT2D eigenvalue weighted by Gasteiger charge is -2.24. The summed E-state index contributed by atoms with van der Waals surface area (Å²) in [5.41, 5.74) is 8.07. The molecule has 0 spiro atoms. The van der Waals surface area contributed by atoms with Crippen molar-refractivity contribution in [1.82, 2.24) is 0 Å². The summed E-state index contributed by atoms with van der Waals surface area (Å²) in [6.07, 6.45) is 0.0506. The van der Waals surface area contributed by atoms with Crippen molar-refractivity contribution < 1.29 is 19.4 Å². The Labute approximate surface area is 112 Å². The Morgan fingerprint density at radius 1 is 1.37 bits per heavy atom. The molecule has 1 aromatic carbocycles. The predicted molar refractivity (Wildman–Crippen MR) is 70.5 cm³/mol. The average molecular weight is 265 g/mol. The first-order valence-electron chi connectivity index (χ1n) is 6.36. The number of carboxylic acid groups (broad SMARTS) is 1. The van der Waals surface area contributed by atoms with E-state index in [2.05, 4.69) is 0 Å². The fourth-order valence-corrected chi connectivity index (χ4v) is 2.27. The lowest BCUT2D eigenvalue weighted by atomic mass is 9.90. The van der Waals surface area contributed by atoms with Gasteiger partial charge in [0.25, 0.3) is 0 Å². The number of carboxylic acids is 1. The monoisotopic (exact) mass is 265 g/mol. The average Bonchev–Trinajstić information content (AvgIpc) is 2.36. The van der Waals surface area contributed by atoms with Crippen LogP contribution in [0.5, 0.6) is 11.5 Å². The molecule has 0 fully saturated rings. The minimum Gasteiger partial charge on any atom is -0.486 e. The molecule has 0 aromatic heterocycles. The molecule has 104 valence electrons. The van der Waals surface area contributed by atoms with Crippen LogP contribution in [0.3, 0.4) is 0 Å². The van der Waals surface area contributed by atoms with Gasteiger partial charge in [-0.3, -0.25) is 4.79 Å². The molecule has 0 saturated heterocycles. The second-order valence-electron chi connectivity index (χ2n) is 4.95. The van der Waals surface area contributed by atoms with Crippen molar-refractivity contribution in [3.8, 4) is 11.5 Å². The summed E-state index contributed by atoms with van der Waals surface area (Å²) in [5, 5.41) is 8.84. The Morgan fingerprint density at radius 3 is 2.53 bits per heavy atom. The van der Waals surface area contributed by atoms with Crippen LogP contribution in [0.25, 0.3) is 0 Å². The van der Waals surface area contributed by atoms with Gasteiger partial charge >= 0.3 is 5.97 Å². The van der Waals surface area contributed by atoms with Crippen LogP contribution in [-0.4, -0.2) is 24.3 Å².